The topological polar surface area (TPSA) is 73.3 Å². The van der Waals surface area contributed by atoms with E-state index in [-0.39, 0.29) is 5.56 Å². The monoisotopic (exact) mass is 440 g/mol. The van der Waals surface area contributed by atoms with Gasteiger partial charge in [0.05, 0.1) is 17.6 Å². The summed E-state index contributed by atoms with van der Waals surface area (Å²) in [6.45, 7) is 0. The molecule has 0 saturated carbocycles. The minimum absolute atomic E-state index is 0.229. The number of hydrogen-bond acceptors (Lipinski definition) is 3. The molecule has 33 heavy (non-hydrogen) atoms. The van der Waals surface area contributed by atoms with Crippen molar-refractivity contribution in [3.05, 3.63) is 114 Å². The maximum absolute atomic E-state index is 14.2. The van der Waals surface area contributed by atoms with E-state index in [0.717, 1.165) is 34.1 Å². The molecule has 0 bridgehead atoms. The summed E-state index contributed by atoms with van der Waals surface area (Å²) in [5, 5.41) is 0. The highest BCUT2D eigenvalue weighted by molar-refractivity contribution is 5.92. The number of hydrogen-bond donors (Lipinski definition) is 1. The van der Waals surface area contributed by atoms with Crippen molar-refractivity contribution in [2.24, 2.45) is 5.73 Å². The Labute approximate surface area is 188 Å². The first kappa shape index (κ1) is 20.5. The van der Waals surface area contributed by atoms with E-state index in [1.165, 1.54) is 12.1 Å². The summed E-state index contributed by atoms with van der Waals surface area (Å²) < 4.78 is 29.4. The quantitative estimate of drug-likeness (QED) is 0.417. The van der Waals surface area contributed by atoms with E-state index in [1.54, 1.807) is 30.6 Å². The third-order valence-corrected chi connectivity index (χ3v) is 5.46. The second-order valence-electron chi connectivity index (χ2n) is 7.70. The van der Waals surface area contributed by atoms with Crippen molar-refractivity contribution in [3.63, 3.8) is 0 Å². The van der Waals surface area contributed by atoms with Gasteiger partial charge in [0.1, 0.15) is 17.3 Å². The summed E-state index contributed by atoms with van der Waals surface area (Å²) in [5.41, 5.74) is 10.9. The Bertz CT molecular complexity index is 1510. The summed E-state index contributed by atoms with van der Waals surface area (Å²) in [6, 6.07) is 18.2. The number of fused-ring (bicyclic) bond motifs is 1. The van der Waals surface area contributed by atoms with Crippen molar-refractivity contribution in [3.8, 4) is 22.5 Å². The molecule has 0 aliphatic rings. The molecule has 5 rings (SSSR count). The third kappa shape index (κ3) is 4.08. The molecule has 0 unspecified atom stereocenters. The van der Waals surface area contributed by atoms with Gasteiger partial charge >= 0.3 is 0 Å². The highest BCUT2D eigenvalue weighted by atomic mass is 19.1. The lowest BCUT2D eigenvalue weighted by Gasteiger charge is -2.08. The summed E-state index contributed by atoms with van der Waals surface area (Å²) in [6.07, 6.45) is 5.88. The number of primary amides is 1. The van der Waals surface area contributed by atoms with Crippen molar-refractivity contribution in [2.75, 3.05) is 0 Å². The van der Waals surface area contributed by atoms with Crippen LogP contribution in [0.1, 0.15) is 21.5 Å². The minimum atomic E-state index is -0.664. The van der Waals surface area contributed by atoms with E-state index in [0.29, 0.717) is 17.7 Å². The van der Waals surface area contributed by atoms with Crippen molar-refractivity contribution >= 4 is 11.6 Å². The van der Waals surface area contributed by atoms with Crippen LogP contribution in [-0.4, -0.2) is 20.3 Å². The van der Waals surface area contributed by atoms with Crippen molar-refractivity contribution in [1.29, 1.82) is 0 Å². The van der Waals surface area contributed by atoms with Gasteiger partial charge in [0.25, 0.3) is 0 Å². The van der Waals surface area contributed by atoms with Crippen molar-refractivity contribution in [1.82, 2.24) is 14.4 Å². The molecule has 3 aromatic heterocycles. The number of rotatable bonds is 5. The smallest absolute Gasteiger partial charge is 0.248 e. The molecule has 1 amide bonds. The number of imidazole rings is 1. The number of aromatic nitrogens is 3. The summed E-state index contributed by atoms with van der Waals surface area (Å²) in [7, 11) is 0. The molecule has 0 atom stereocenters. The molecular weight excluding hydrogens is 422 g/mol. The Hall–Kier alpha value is -4.39. The Morgan fingerprint density at radius 2 is 1.79 bits per heavy atom. The van der Waals surface area contributed by atoms with Crippen LogP contribution >= 0.6 is 0 Å². The fourth-order valence-electron chi connectivity index (χ4n) is 3.85. The molecule has 2 N–H and O–H groups in total. The molecule has 7 heteroatoms. The third-order valence-electron chi connectivity index (χ3n) is 5.46. The number of amides is 1. The SMILES string of the molecule is NC(=O)c1cccc(Cc2ccn3c(-c4ccnc(-c5ccc(F)cc5F)c4)cnc3c2)c1. The molecule has 0 aliphatic heterocycles. The number of halogens is 2. The zero-order chi connectivity index (χ0) is 22.9. The van der Waals surface area contributed by atoms with Crippen molar-refractivity contribution in [2.45, 2.75) is 6.42 Å². The van der Waals surface area contributed by atoms with Gasteiger partial charge in [-0.15, -0.1) is 0 Å². The maximum Gasteiger partial charge on any atom is 0.248 e. The molecule has 0 spiro atoms. The van der Waals surface area contributed by atoms with E-state index in [4.69, 9.17) is 5.73 Å². The van der Waals surface area contributed by atoms with Crippen molar-refractivity contribution < 1.29 is 13.6 Å². The van der Waals surface area contributed by atoms with Crippen LogP contribution in [0.3, 0.4) is 0 Å². The number of carbonyl (C=O) groups excluding carboxylic acids is 1. The average Bonchev–Trinajstić information content (AvgIpc) is 3.23. The van der Waals surface area contributed by atoms with Crippen LogP contribution in [0.2, 0.25) is 0 Å². The van der Waals surface area contributed by atoms with E-state index in [1.807, 2.05) is 40.9 Å². The molecule has 0 radical (unpaired) electrons. The first-order valence-corrected chi connectivity index (χ1v) is 10.2. The lowest BCUT2D eigenvalue weighted by molar-refractivity contribution is 0.1000. The molecule has 5 aromatic rings. The number of pyridine rings is 2. The summed E-state index contributed by atoms with van der Waals surface area (Å²) in [4.78, 5) is 20.2. The highest BCUT2D eigenvalue weighted by Crippen LogP contribution is 2.27. The van der Waals surface area contributed by atoms with Crippen LogP contribution in [0.4, 0.5) is 8.78 Å². The average molecular weight is 440 g/mol. The molecule has 5 nitrogen and oxygen atoms in total. The fourth-order valence-corrected chi connectivity index (χ4v) is 3.85. The normalized spacial score (nSPS) is 11.1. The van der Waals surface area contributed by atoms with Gasteiger partial charge in [-0.05, 0) is 66.1 Å². The Balaban J connectivity index is 1.47. The number of carbonyl (C=O) groups is 1. The summed E-state index contributed by atoms with van der Waals surface area (Å²) in [5.74, 6) is -1.75. The minimum Gasteiger partial charge on any atom is -0.366 e. The van der Waals surface area contributed by atoms with E-state index in [2.05, 4.69) is 9.97 Å². The van der Waals surface area contributed by atoms with E-state index in [9.17, 15) is 13.6 Å². The summed E-state index contributed by atoms with van der Waals surface area (Å²) >= 11 is 0. The van der Waals surface area contributed by atoms with Gasteiger partial charge in [-0.1, -0.05) is 12.1 Å². The zero-order valence-electron chi connectivity index (χ0n) is 17.4. The van der Waals surface area contributed by atoms with Gasteiger partial charge in [0.2, 0.25) is 5.91 Å². The Morgan fingerprint density at radius 1 is 0.939 bits per heavy atom. The van der Waals surface area contributed by atoms with Crippen LogP contribution in [0.25, 0.3) is 28.2 Å². The first-order chi connectivity index (χ1) is 16.0. The van der Waals surface area contributed by atoms with Crippen LogP contribution in [0.5, 0.6) is 0 Å². The molecular formula is C26H18F2N4O. The van der Waals surface area contributed by atoms with Gasteiger partial charge in [0.15, 0.2) is 0 Å². The second-order valence-corrected chi connectivity index (χ2v) is 7.70. The number of nitrogens with two attached hydrogens (primary N) is 1. The van der Waals surface area contributed by atoms with E-state index >= 15 is 0 Å². The predicted octanol–water partition coefficient (Wildman–Crippen LogP) is 5.03. The zero-order valence-corrected chi connectivity index (χ0v) is 17.4. The lowest BCUT2D eigenvalue weighted by Crippen LogP contribution is -2.11. The lowest BCUT2D eigenvalue weighted by atomic mass is 10.0. The van der Waals surface area contributed by atoms with Crippen LogP contribution in [0, 0.1) is 11.6 Å². The van der Waals surface area contributed by atoms with Crippen LogP contribution in [-0.2, 0) is 6.42 Å². The first-order valence-electron chi connectivity index (χ1n) is 10.2. The molecule has 0 saturated heterocycles. The predicted molar refractivity (Wildman–Crippen MR) is 122 cm³/mol. The molecule has 162 valence electrons. The van der Waals surface area contributed by atoms with Gasteiger partial charge in [-0.3, -0.25) is 14.2 Å². The second kappa shape index (κ2) is 8.27. The van der Waals surface area contributed by atoms with Crippen LogP contribution in [0.15, 0.2) is 85.3 Å². The van der Waals surface area contributed by atoms with E-state index < -0.39 is 17.5 Å². The number of benzene rings is 2. The largest absolute Gasteiger partial charge is 0.366 e. The Morgan fingerprint density at radius 3 is 2.61 bits per heavy atom. The molecule has 0 aliphatic carbocycles. The molecule has 2 aromatic carbocycles. The number of nitrogens with zero attached hydrogens (tertiary/aromatic N) is 3. The van der Waals surface area contributed by atoms with Crippen LogP contribution < -0.4 is 5.73 Å². The van der Waals surface area contributed by atoms with Gasteiger partial charge in [-0.2, -0.15) is 0 Å². The molecule has 3 heterocycles. The standard InChI is InChI=1S/C26H18F2N4O/c27-20-4-5-21(22(28)14-20)23-13-18(6-8-30-23)24-15-31-25-12-17(7-9-32(24)25)10-16-2-1-3-19(11-16)26(29)33/h1-9,11-15H,10H2,(H2,29,33). The fraction of sp³-hybridized carbons (Fsp3) is 0.0385. The highest BCUT2D eigenvalue weighted by Gasteiger charge is 2.12. The Kier molecular flexibility index (Phi) is 5.14. The van der Waals surface area contributed by atoms with Gasteiger partial charge in [-0.25, -0.2) is 13.8 Å². The molecule has 0 fully saturated rings. The van der Waals surface area contributed by atoms with Gasteiger partial charge < -0.3 is 5.73 Å². The van der Waals surface area contributed by atoms with Gasteiger partial charge in [0, 0.05) is 35.2 Å². The maximum atomic E-state index is 14.2.